The molecule has 0 aromatic carbocycles. The molecular weight excluding hydrogens is 615 g/mol. The van der Waals surface area contributed by atoms with E-state index in [1.165, 1.54) is 0 Å². The molecule has 0 rings (SSSR count). The third kappa shape index (κ3) is 76.8. The van der Waals surface area contributed by atoms with Crippen molar-refractivity contribution in [1.82, 2.24) is 0 Å². The van der Waals surface area contributed by atoms with Crippen molar-refractivity contribution in [2.24, 2.45) is 0 Å². The molecular formula is H26Ca11O7P2. The molecule has 0 radical (unpaired) electrons. The second kappa shape index (κ2) is 46.5. The van der Waals surface area contributed by atoms with Gasteiger partial charge in [0.15, 0.2) is 0 Å². The molecule has 100 valence electrons. The van der Waals surface area contributed by atoms with E-state index in [0.29, 0.717) is 0 Å². The van der Waals surface area contributed by atoms with Crippen molar-refractivity contribution in [2.45, 2.75) is 0 Å². The molecule has 7 nitrogen and oxygen atoms in total. The van der Waals surface area contributed by atoms with Crippen molar-refractivity contribution in [3.05, 3.63) is 0 Å². The van der Waals surface area contributed by atoms with Gasteiger partial charge in [0, 0.05) is 0 Å². The third-order valence-electron chi connectivity index (χ3n) is 0.213. The van der Waals surface area contributed by atoms with Crippen molar-refractivity contribution in [1.29, 1.82) is 0 Å². The molecule has 0 fully saturated rings. The van der Waals surface area contributed by atoms with Crippen LogP contribution in [0.5, 0.6) is 0 Å². The van der Waals surface area contributed by atoms with Crippen LogP contribution in [0.4, 0.5) is 0 Å². The van der Waals surface area contributed by atoms with Gasteiger partial charge in [0.2, 0.25) is 0 Å². The van der Waals surface area contributed by atoms with Crippen LogP contribution in [0.3, 0.4) is 0 Å². The molecule has 0 amide bonds. The molecule has 0 aliphatic heterocycles. The second-order valence-corrected chi connectivity index (χ2v) is 3.68. The summed E-state index contributed by atoms with van der Waals surface area (Å²) in [6.45, 7) is 0. The minimum absolute atomic E-state index is 0. The van der Waals surface area contributed by atoms with Crippen LogP contribution in [-0.2, 0) is 13.4 Å². The minimum atomic E-state index is -5.05. The fourth-order valence-electron chi connectivity index (χ4n) is 0.139. The van der Waals surface area contributed by atoms with Crippen LogP contribution in [0, 0.1) is 0 Å². The quantitative estimate of drug-likeness (QED) is 0.175. The van der Waals surface area contributed by atoms with E-state index in [0.717, 1.165) is 0 Å². The van der Waals surface area contributed by atoms with E-state index in [4.69, 9.17) is 19.6 Å². The predicted octanol–water partition coefficient (Wildman–Crippen LogP) is -10.9. The maximum absolute atomic E-state index is 9.63. The fraction of sp³-hybridized carbons (Fsp3) is 0. The Bertz CT molecular complexity index is 167. The van der Waals surface area contributed by atoms with Gasteiger partial charge in [0.05, 0.1) is 0 Å². The fourth-order valence-corrected chi connectivity index (χ4v) is 1.25. The summed E-state index contributed by atoms with van der Waals surface area (Å²) in [6.07, 6.45) is 0. The first-order valence-electron chi connectivity index (χ1n) is 1.53. The van der Waals surface area contributed by atoms with Crippen LogP contribution in [0.15, 0.2) is 0 Å². The van der Waals surface area contributed by atoms with Crippen molar-refractivity contribution >= 4 is 431 Å². The number of hydrogen-bond acceptors (Lipinski definition) is 3. The van der Waals surface area contributed by atoms with E-state index >= 15 is 0 Å². The molecule has 0 aromatic heterocycles. The molecule has 4 N–H and O–H groups in total. The van der Waals surface area contributed by atoms with Gasteiger partial charge < -0.3 is 19.6 Å². The first-order chi connectivity index (χ1) is 3.71. The van der Waals surface area contributed by atoms with Crippen LogP contribution < -0.4 is 0 Å². The van der Waals surface area contributed by atoms with Gasteiger partial charge in [-0.1, -0.05) is 0 Å². The van der Waals surface area contributed by atoms with Crippen molar-refractivity contribution in [3.8, 4) is 0 Å². The Morgan fingerprint density at radius 2 is 0.550 bits per heavy atom. The second-order valence-electron chi connectivity index (χ2n) is 1.06. The third-order valence-corrected chi connectivity index (χ3v) is 1.91. The Hall–Kier alpha value is 14.1. The van der Waals surface area contributed by atoms with Gasteiger partial charge in [0.25, 0.3) is 0 Å². The zero-order valence-electron chi connectivity index (χ0n) is 3.91. The molecule has 20 heteroatoms. The average molecular weight is 641 g/mol. The van der Waals surface area contributed by atoms with Gasteiger partial charge >= 0.3 is 431 Å². The van der Waals surface area contributed by atoms with Crippen LogP contribution >= 0.6 is 15.6 Å². The molecule has 0 aliphatic carbocycles. The van der Waals surface area contributed by atoms with Gasteiger partial charge in [-0.25, -0.2) is 9.13 Å². The number of rotatable bonds is 2. The van der Waals surface area contributed by atoms with Crippen LogP contribution in [0.25, 0.3) is 0 Å². The number of phosphoric acid groups is 2. The van der Waals surface area contributed by atoms with Gasteiger partial charge in [-0.15, -0.1) is 0 Å². The molecule has 0 unspecified atom stereocenters. The predicted molar refractivity (Wildman–Crippen MR) is 119 cm³/mol. The van der Waals surface area contributed by atoms with Gasteiger partial charge in [-0.3, -0.25) is 0 Å². The maximum atomic E-state index is 9.63. The van der Waals surface area contributed by atoms with Crippen molar-refractivity contribution in [2.75, 3.05) is 0 Å². The van der Waals surface area contributed by atoms with Crippen LogP contribution in [0.2, 0.25) is 0 Å². The van der Waals surface area contributed by atoms with Crippen LogP contribution in [-0.4, -0.2) is 435 Å². The Morgan fingerprint density at radius 3 is 0.550 bits per heavy atom. The first-order valence-corrected chi connectivity index (χ1v) is 4.59. The normalized spacial score (nSPS) is 6.20. The van der Waals surface area contributed by atoms with E-state index in [1.54, 1.807) is 0 Å². The van der Waals surface area contributed by atoms with Gasteiger partial charge in [-0.2, -0.15) is 4.31 Å². The van der Waals surface area contributed by atoms with E-state index < -0.39 is 15.6 Å². The molecule has 0 aromatic rings. The standard InChI is InChI=1S/11Ca.H4O7P2.22H/c;;;;;;;;;;;1-8(2,3)7-9(4,5)6;;;;;;;;;;;;;;;;;;;;;;/h;;;;;;;;;;;(H2,1,2,3)(H2,4,5,6);;;;;;;;;;;;;;;;;;;;;;. The zero-order valence-corrected chi connectivity index (χ0v) is 5.70. The van der Waals surface area contributed by atoms with Gasteiger partial charge in [0.1, 0.15) is 0 Å². The summed E-state index contributed by atoms with van der Waals surface area (Å²) < 4.78 is 22.2. The summed E-state index contributed by atoms with van der Waals surface area (Å²) >= 11 is 0. The molecule has 0 aliphatic rings. The zero-order chi connectivity index (χ0) is 7.71. The Labute approximate surface area is 447 Å². The summed E-state index contributed by atoms with van der Waals surface area (Å²) in [4.78, 5) is 31.0. The Balaban J connectivity index is -0.00000000582. The monoisotopic (exact) mass is 640 g/mol. The van der Waals surface area contributed by atoms with E-state index in [1.807, 2.05) is 0 Å². The van der Waals surface area contributed by atoms with Crippen molar-refractivity contribution < 1.29 is 33.0 Å². The average Bonchev–Trinajstić information content (AvgIpc) is 1.14. The molecule has 0 saturated carbocycles. The Kier molecular flexibility index (Phi) is 178. The molecule has 0 atom stereocenters. The van der Waals surface area contributed by atoms with E-state index in [9.17, 15) is 9.13 Å². The summed E-state index contributed by atoms with van der Waals surface area (Å²) in [7, 11) is -10.1. The van der Waals surface area contributed by atoms with Crippen molar-refractivity contribution in [3.63, 3.8) is 0 Å². The number of hydrogen-bond donors (Lipinski definition) is 4. The van der Waals surface area contributed by atoms with Crippen LogP contribution in [0.1, 0.15) is 0 Å². The summed E-state index contributed by atoms with van der Waals surface area (Å²) in [5.41, 5.74) is 0. The summed E-state index contributed by atoms with van der Waals surface area (Å²) in [6, 6.07) is 0. The summed E-state index contributed by atoms with van der Waals surface area (Å²) in [5.74, 6) is 0. The molecule has 0 heterocycles. The molecule has 20 heavy (non-hydrogen) atoms. The molecule has 0 spiro atoms. The van der Waals surface area contributed by atoms with E-state index in [2.05, 4.69) is 4.31 Å². The Morgan fingerprint density at radius 1 is 0.450 bits per heavy atom. The molecule has 0 saturated heterocycles. The van der Waals surface area contributed by atoms with E-state index in [-0.39, 0.29) is 415 Å². The first kappa shape index (κ1) is 76.5. The van der Waals surface area contributed by atoms with Gasteiger partial charge in [-0.05, 0) is 0 Å². The topological polar surface area (TPSA) is 124 Å². The summed E-state index contributed by atoms with van der Waals surface area (Å²) in [5, 5.41) is 0. The SMILES string of the molecule is O=P(O)(O)OP(=O)(O)O.[CaH2].[CaH2].[CaH2].[CaH2].[CaH2].[CaH2].[CaH2].[CaH2].[CaH2].[CaH2].[CaH2]. The molecule has 0 bridgehead atoms.